The fraction of sp³-hybridized carbons (Fsp3) is 0.409. The lowest BCUT2D eigenvalue weighted by Gasteiger charge is -2.35. The Morgan fingerprint density at radius 3 is 2.54 bits per heavy atom. The zero-order valence-electron chi connectivity index (χ0n) is 15.8. The van der Waals surface area contributed by atoms with Crippen LogP contribution in [0.15, 0.2) is 36.4 Å². The van der Waals surface area contributed by atoms with Crippen LogP contribution in [0.25, 0.3) is 0 Å². The second-order valence-electron chi connectivity index (χ2n) is 7.73. The van der Waals surface area contributed by atoms with E-state index in [-0.39, 0.29) is 11.9 Å². The Morgan fingerprint density at radius 2 is 1.82 bits per heavy atom. The van der Waals surface area contributed by atoms with Crippen LogP contribution in [-0.2, 0) is 17.6 Å². The topological polar surface area (TPSA) is 23.6 Å². The molecule has 2 atom stereocenters. The summed E-state index contributed by atoms with van der Waals surface area (Å²) in [6, 6.07) is 11.8. The molecule has 0 radical (unpaired) electrons. The van der Waals surface area contributed by atoms with Gasteiger partial charge in [0.05, 0.1) is 22.5 Å². The van der Waals surface area contributed by atoms with Crippen molar-refractivity contribution < 1.29 is 4.79 Å². The first-order chi connectivity index (χ1) is 13.4. The van der Waals surface area contributed by atoms with Gasteiger partial charge in [0.25, 0.3) is 0 Å². The molecule has 0 N–H and O–H groups in total. The molecule has 0 aromatic heterocycles. The van der Waals surface area contributed by atoms with Crippen LogP contribution in [0.1, 0.15) is 35.6 Å². The monoisotopic (exact) mass is 436 g/mol. The zero-order chi connectivity index (χ0) is 19.8. The van der Waals surface area contributed by atoms with E-state index < -0.39 is 0 Å². The number of hydrogen-bond donors (Lipinski definition) is 0. The molecule has 0 saturated carbocycles. The summed E-state index contributed by atoms with van der Waals surface area (Å²) >= 11 is 18.4. The van der Waals surface area contributed by atoms with E-state index in [1.165, 1.54) is 24.0 Å². The summed E-state index contributed by atoms with van der Waals surface area (Å²) in [5.41, 5.74) is 3.34. The van der Waals surface area contributed by atoms with Crippen LogP contribution in [0.4, 0.5) is 0 Å². The third-order valence-corrected chi connectivity index (χ3v) is 6.95. The van der Waals surface area contributed by atoms with Gasteiger partial charge >= 0.3 is 0 Å². The molecule has 4 rings (SSSR count). The standard InChI is InChI=1S/C22H23Cl3N2O/c1-26(21(28)11-14-4-7-18(24)19(25)10-14)22-17-6-5-16(23)12-15(17)13-20(22)27-8-2-3-9-27/h4-7,10,12,20,22H,2-3,8-9,11,13H2,1H3/t20-,22-/m1/s1. The summed E-state index contributed by atoms with van der Waals surface area (Å²) in [7, 11) is 1.91. The molecule has 1 heterocycles. The van der Waals surface area contributed by atoms with Gasteiger partial charge in [-0.3, -0.25) is 9.69 Å². The number of halogens is 3. The molecule has 1 aliphatic carbocycles. The van der Waals surface area contributed by atoms with Crippen molar-refractivity contribution >= 4 is 40.7 Å². The van der Waals surface area contributed by atoms with Crippen molar-refractivity contribution in [1.82, 2.24) is 9.80 Å². The fourth-order valence-electron chi connectivity index (χ4n) is 4.56. The molecule has 1 amide bonds. The number of amides is 1. The predicted molar refractivity (Wildman–Crippen MR) is 115 cm³/mol. The lowest BCUT2D eigenvalue weighted by molar-refractivity contribution is -0.132. The minimum absolute atomic E-state index is 0.0423. The lowest BCUT2D eigenvalue weighted by Crippen LogP contribution is -2.44. The van der Waals surface area contributed by atoms with Crippen molar-refractivity contribution in [1.29, 1.82) is 0 Å². The highest BCUT2D eigenvalue weighted by Crippen LogP contribution is 2.40. The lowest BCUT2D eigenvalue weighted by atomic mass is 10.0. The summed E-state index contributed by atoms with van der Waals surface area (Å²) < 4.78 is 0. The van der Waals surface area contributed by atoms with Gasteiger partial charge in [-0.15, -0.1) is 0 Å². The molecule has 0 unspecified atom stereocenters. The number of likely N-dealkylation sites (tertiary alicyclic amines) is 1. The van der Waals surface area contributed by atoms with Gasteiger partial charge in [0, 0.05) is 18.1 Å². The van der Waals surface area contributed by atoms with E-state index in [1.807, 2.05) is 24.1 Å². The Balaban J connectivity index is 1.59. The molecule has 2 aromatic carbocycles. The number of rotatable bonds is 4. The van der Waals surface area contributed by atoms with Crippen molar-refractivity contribution in [3.8, 4) is 0 Å². The highest BCUT2D eigenvalue weighted by atomic mass is 35.5. The van der Waals surface area contributed by atoms with E-state index in [2.05, 4.69) is 17.0 Å². The summed E-state index contributed by atoms with van der Waals surface area (Å²) in [4.78, 5) is 17.6. The normalized spacial score (nSPS) is 21.7. The van der Waals surface area contributed by atoms with E-state index in [0.29, 0.717) is 22.5 Å². The smallest absolute Gasteiger partial charge is 0.227 e. The first-order valence-electron chi connectivity index (χ1n) is 9.66. The van der Waals surface area contributed by atoms with E-state index in [4.69, 9.17) is 34.8 Å². The molecule has 0 spiro atoms. The summed E-state index contributed by atoms with van der Waals surface area (Å²) in [5.74, 6) is 0.0791. The third kappa shape index (κ3) is 3.91. The molecule has 3 nitrogen and oxygen atoms in total. The van der Waals surface area contributed by atoms with E-state index >= 15 is 0 Å². The van der Waals surface area contributed by atoms with Crippen molar-refractivity contribution in [2.75, 3.05) is 20.1 Å². The number of hydrogen-bond acceptors (Lipinski definition) is 2. The second kappa shape index (κ2) is 8.23. The molecule has 2 aromatic rings. The van der Waals surface area contributed by atoms with Gasteiger partial charge in [0.1, 0.15) is 0 Å². The summed E-state index contributed by atoms with van der Waals surface area (Å²) in [6.07, 6.45) is 3.69. The van der Waals surface area contributed by atoms with Gasteiger partial charge in [-0.2, -0.15) is 0 Å². The van der Waals surface area contributed by atoms with Crippen LogP contribution in [0.2, 0.25) is 15.1 Å². The Bertz CT molecular complexity index is 895. The minimum Gasteiger partial charge on any atom is -0.337 e. The van der Waals surface area contributed by atoms with Gasteiger partial charge in [-0.05, 0) is 73.3 Å². The van der Waals surface area contributed by atoms with Crippen LogP contribution in [0, 0.1) is 0 Å². The molecular weight excluding hydrogens is 415 g/mol. The zero-order valence-corrected chi connectivity index (χ0v) is 18.1. The first-order valence-corrected chi connectivity index (χ1v) is 10.8. The molecule has 1 fully saturated rings. The van der Waals surface area contributed by atoms with Gasteiger partial charge in [0.2, 0.25) is 5.91 Å². The number of benzene rings is 2. The average molecular weight is 438 g/mol. The van der Waals surface area contributed by atoms with E-state index in [1.54, 1.807) is 12.1 Å². The second-order valence-corrected chi connectivity index (χ2v) is 8.98. The van der Waals surface area contributed by atoms with Crippen LogP contribution >= 0.6 is 34.8 Å². The molecule has 1 aliphatic heterocycles. The van der Waals surface area contributed by atoms with Crippen LogP contribution in [0.3, 0.4) is 0 Å². The Labute approximate surface area is 181 Å². The van der Waals surface area contributed by atoms with Crippen LogP contribution < -0.4 is 0 Å². The molecule has 0 bridgehead atoms. The maximum atomic E-state index is 13.1. The number of carbonyl (C=O) groups is 1. The number of nitrogens with zero attached hydrogens (tertiary/aromatic N) is 2. The molecule has 148 valence electrons. The van der Waals surface area contributed by atoms with Crippen molar-refractivity contribution in [2.24, 2.45) is 0 Å². The molecule has 28 heavy (non-hydrogen) atoms. The van der Waals surface area contributed by atoms with Gasteiger partial charge in [-0.25, -0.2) is 0 Å². The quantitative estimate of drug-likeness (QED) is 0.638. The van der Waals surface area contributed by atoms with Gasteiger partial charge in [0.15, 0.2) is 0 Å². The van der Waals surface area contributed by atoms with Crippen molar-refractivity contribution in [3.63, 3.8) is 0 Å². The van der Waals surface area contributed by atoms with Crippen molar-refractivity contribution in [2.45, 2.75) is 37.8 Å². The number of carbonyl (C=O) groups excluding carboxylic acids is 1. The summed E-state index contributed by atoms with van der Waals surface area (Å²) in [5, 5.41) is 1.73. The van der Waals surface area contributed by atoms with E-state index in [9.17, 15) is 4.79 Å². The predicted octanol–water partition coefficient (Wildman–Crippen LogP) is 5.41. The van der Waals surface area contributed by atoms with Gasteiger partial charge in [-0.1, -0.05) is 46.9 Å². The SMILES string of the molecule is CN(C(=O)Cc1ccc(Cl)c(Cl)c1)[C@@H]1c2ccc(Cl)cc2C[C@H]1N1CCCC1. The highest BCUT2D eigenvalue weighted by Gasteiger charge is 2.40. The van der Waals surface area contributed by atoms with E-state index in [0.717, 1.165) is 30.1 Å². The first kappa shape index (κ1) is 20.0. The molecule has 2 aliphatic rings. The molecular formula is C22H23Cl3N2O. The molecule has 1 saturated heterocycles. The Kier molecular flexibility index (Phi) is 5.89. The fourth-order valence-corrected chi connectivity index (χ4v) is 5.07. The number of likely N-dealkylation sites (N-methyl/N-ethyl adjacent to an activating group) is 1. The largest absolute Gasteiger partial charge is 0.337 e. The maximum absolute atomic E-state index is 13.1. The van der Waals surface area contributed by atoms with Gasteiger partial charge < -0.3 is 4.90 Å². The Hall–Kier alpha value is -1.26. The van der Waals surface area contributed by atoms with Crippen molar-refractivity contribution in [3.05, 3.63) is 68.2 Å². The Morgan fingerprint density at radius 1 is 1.07 bits per heavy atom. The van der Waals surface area contributed by atoms with Crippen LogP contribution in [0.5, 0.6) is 0 Å². The third-order valence-electron chi connectivity index (χ3n) is 5.98. The minimum atomic E-state index is 0.0423. The molecule has 6 heteroatoms. The highest BCUT2D eigenvalue weighted by molar-refractivity contribution is 6.42. The van der Waals surface area contributed by atoms with Crippen LogP contribution in [-0.4, -0.2) is 41.9 Å². The summed E-state index contributed by atoms with van der Waals surface area (Å²) in [6.45, 7) is 2.19. The maximum Gasteiger partial charge on any atom is 0.227 e. The number of fused-ring (bicyclic) bond motifs is 1. The average Bonchev–Trinajstić information content (AvgIpc) is 3.31.